The molecule has 0 saturated carbocycles. The maximum absolute atomic E-state index is 2.28. The molecule has 0 unspecified atom stereocenters. The van der Waals surface area contributed by atoms with Crippen LogP contribution in [0.4, 0.5) is 0 Å². The van der Waals surface area contributed by atoms with Crippen molar-refractivity contribution in [1.82, 2.24) is 4.57 Å². The van der Waals surface area contributed by atoms with Crippen molar-refractivity contribution >= 4 is 21.8 Å². The van der Waals surface area contributed by atoms with E-state index in [1.807, 2.05) is 0 Å². The van der Waals surface area contributed by atoms with Crippen LogP contribution in [0.15, 0.2) is 66.7 Å². The first kappa shape index (κ1) is 12.2. The lowest BCUT2D eigenvalue weighted by Gasteiger charge is -2.06. The number of aryl methyl sites for hydroxylation is 2. The molecule has 1 heterocycles. The van der Waals surface area contributed by atoms with Crippen molar-refractivity contribution in [3.8, 4) is 11.1 Å². The van der Waals surface area contributed by atoms with Crippen LogP contribution in [0, 0.1) is 6.92 Å². The fourth-order valence-electron chi connectivity index (χ4n) is 3.26. The number of nitrogens with zero attached hydrogens (tertiary/aromatic N) is 1. The van der Waals surface area contributed by atoms with Crippen LogP contribution in [0.1, 0.15) is 5.56 Å². The Morgan fingerprint density at radius 2 is 1.52 bits per heavy atom. The summed E-state index contributed by atoms with van der Waals surface area (Å²) in [6, 6.07) is 24.0. The summed E-state index contributed by atoms with van der Waals surface area (Å²) in [6.07, 6.45) is 0. The van der Waals surface area contributed by atoms with Crippen molar-refractivity contribution in [2.75, 3.05) is 0 Å². The van der Waals surface area contributed by atoms with Crippen LogP contribution in [-0.4, -0.2) is 4.57 Å². The summed E-state index contributed by atoms with van der Waals surface area (Å²) in [4.78, 5) is 0. The molecule has 0 radical (unpaired) electrons. The van der Waals surface area contributed by atoms with Crippen molar-refractivity contribution in [2.45, 2.75) is 6.92 Å². The SMILES string of the molecule is Cc1cccc(-c2cccc3c2c2ccccc2n3C)c1. The van der Waals surface area contributed by atoms with Crippen LogP contribution in [0.25, 0.3) is 32.9 Å². The second-order valence-electron chi connectivity index (χ2n) is 5.65. The van der Waals surface area contributed by atoms with E-state index in [1.54, 1.807) is 0 Å². The molecule has 0 saturated heterocycles. The summed E-state index contributed by atoms with van der Waals surface area (Å²) in [5.41, 5.74) is 6.47. The Balaban J connectivity index is 2.18. The van der Waals surface area contributed by atoms with E-state index in [1.165, 1.54) is 38.5 Å². The number of aromatic nitrogens is 1. The van der Waals surface area contributed by atoms with E-state index in [4.69, 9.17) is 0 Å². The summed E-state index contributed by atoms with van der Waals surface area (Å²) >= 11 is 0. The van der Waals surface area contributed by atoms with Crippen molar-refractivity contribution in [3.63, 3.8) is 0 Å². The predicted octanol–water partition coefficient (Wildman–Crippen LogP) is 5.31. The molecule has 0 fully saturated rings. The average Bonchev–Trinajstić information content (AvgIpc) is 2.81. The van der Waals surface area contributed by atoms with Crippen molar-refractivity contribution in [3.05, 3.63) is 72.3 Å². The average molecular weight is 271 g/mol. The number of rotatable bonds is 1. The van der Waals surface area contributed by atoms with Gasteiger partial charge in [-0.25, -0.2) is 0 Å². The van der Waals surface area contributed by atoms with Gasteiger partial charge in [-0.3, -0.25) is 0 Å². The van der Waals surface area contributed by atoms with Gasteiger partial charge in [-0.2, -0.15) is 0 Å². The van der Waals surface area contributed by atoms with Gasteiger partial charge in [0.1, 0.15) is 0 Å². The predicted molar refractivity (Wildman–Crippen MR) is 90.6 cm³/mol. The fraction of sp³-hybridized carbons (Fsp3) is 0.100. The topological polar surface area (TPSA) is 4.93 Å². The molecular weight excluding hydrogens is 254 g/mol. The molecule has 21 heavy (non-hydrogen) atoms. The van der Waals surface area contributed by atoms with Gasteiger partial charge in [0.15, 0.2) is 0 Å². The van der Waals surface area contributed by atoms with E-state index < -0.39 is 0 Å². The van der Waals surface area contributed by atoms with Crippen LogP contribution < -0.4 is 0 Å². The zero-order valence-corrected chi connectivity index (χ0v) is 12.3. The molecule has 0 aliphatic rings. The van der Waals surface area contributed by atoms with E-state index >= 15 is 0 Å². The summed E-state index contributed by atoms with van der Waals surface area (Å²) < 4.78 is 2.28. The molecule has 0 aliphatic carbocycles. The molecule has 1 nitrogen and oxygen atoms in total. The number of hydrogen-bond acceptors (Lipinski definition) is 0. The van der Waals surface area contributed by atoms with Crippen molar-refractivity contribution < 1.29 is 0 Å². The van der Waals surface area contributed by atoms with E-state index in [0.29, 0.717) is 0 Å². The molecule has 0 amide bonds. The van der Waals surface area contributed by atoms with Gasteiger partial charge >= 0.3 is 0 Å². The third-order valence-corrected chi connectivity index (χ3v) is 4.27. The number of benzene rings is 3. The highest BCUT2D eigenvalue weighted by atomic mass is 14.9. The van der Waals surface area contributed by atoms with Gasteiger partial charge in [-0.1, -0.05) is 60.2 Å². The van der Waals surface area contributed by atoms with Crippen LogP contribution >= 0.6 is 0 Å². The van der Waals surface area contributed by atoms with Gasteiger partial charge in [0, 0.05) is 28.9 Å². The molecule has 102 valence electrons. The first-order valence-corrected chi connectivity index (χ1v) is 7.29. The lowest BCUT2D eigenvalue weighted by molar-refractivity contribution is 1.01. The molecule has 0 aliphatic heterocycles. The second-order valence-corrected chi connectivity index (χ2v) is 5.65. The van der Waals surface area contributed by atoms with Crippen LogP contribution in [0.5, 0.6) is 0 Å². The minimum atomic E-state index is 1.28. The number of para-hydroxylation sites is 1. The van der Waals surface area contributed by atoms with Gasteiger partial charge < -0.3 is 4.57 Å². The Bertz CT molecular complexity index is 960. The second kappa shape index (κ2) is 4.49. The molecule has 1 heteroatoms. The monoisotopic (exact) mass is 271 g/mol. The van der Waals surface area contributed by atoms with Crippen LogP contribution in [0.2, 0.25) is 0 Å². The van der Waals surface area contributed by atoms with E-state index in [0.717, 1.165) is 0 Å². The van der Waals surface area contributed by atoms with Gasteiger partial charge in [0.05, 0.1) is 0 Å². The molecular formula is C20H17N. The van der Waals surface area contributed by atoms with Gasteiger partial charge in [0.2, 0.25) is 0 Å². The molecule has 0 N–H and O–H groups in total. The molecule has 4 rings (SSSR count). The highest BCUT2D eigenvalue weighted by Crippen LogP contribution is 2.36. The summed E-state index contributed by atoms with van der Waals surface area (Å²) in [6.45, 7) is 2.15. The van der Waals surface area contributed by atoms with Gasteiger partial charge in [0.25, 0.3) is 0 Å². The normalized spacial score (nSPS) is 11.3. The molecule has 0 atom stereocenters. The molecule has 1 aromatic heterocycles. The van der Waals surface area contributed by atoms with E-state index in [2.05, 4.69) is 85.3 Å². The first-order valence-electron chi connectivity index (χ1n) is 7.29. The van der Waals surface area contributed by atoms with Crippen molar-refractivity contribution in [1.29, 1.82) is 0 Å². The van der Waals surface area contributed by atoms with Gasteiger partial charge in [-0.15, -0.1) is 0 Å². The summed E-state index contributed by atoms with van der Waals surface area (Å²) in [7, 11) is 2.14. The lowest BCUT2D eigenvalue weighted by atomic mass is 9.98. The maximum atomic E-state index is 2.28. The summed E-state index contributed by atoms with van der Waals surface area (Å²) in [5, 5.41) is 2.67. The third-order valence-electron chi connectivity index (χ3n) is 4.27. The highest BCUT2D eigenvalue weighted by Gasteiger charge is 2.12. The smallest absolute Gasteiger partial charge is 0.0495 e. The van der Waals surface area contributed by atoms with Crippen LogP contribution in [-0.2, 0) is 7.05 Å². The Hall–Kier alpha value is -2.54. The van der Waals surface area contributed by atoms with E-state index in [-0.39, 0.29) is 0 Å². The van der Waals surface area contributed by atoms with Gasteiger partial charge in [-0.05, 0) is 30.2 Å². The Kier molecular flexibility index (Phi) is 2.61. The third kappa shape index (κ3) is 1.78. The Morgan fingerprint density at radius 3 is 2.38 bits per heavy atom. The Morgan fingerprint density at radius 1 is 0.762 bits per heavy atom. The van der Waals surface area contributed by atoms with Crippen LogP contribution in [0.3, 0.4) is 0 Å². The Labute approximate surface area is 124 Å². The first-order chi connectivity index (χ1) is 10.3. The molecule has 3 aromatic carbocycles. The quantitative estimate of drug-likeness (QED) is 0.442. The highest BCUT2D eigenvalue weighted by molar-refractivity contribution is 6.14. The van der Waals surface area contributed by atoms with Crippen molar-refractivity contribution in [2.24, 2.45) is 7.05 Å². The molecule has 0 spiro atoms. The largest absolute Gasteiger partial charge is 0.344 e. The lowest BCUT2D eigenvalue weighted by Crippen LogP contribution is -1.86. The standard InChI is InChI=1S/C20H17N/c1-14-7-5-8-15(13-14)16-10-6-12-19-20(16)17-9-3-4-11-18(17)21(19)2/h3-13H,1-2H3. The minimum absolute atomic E-state index is 1.28. The number of fused-ring (bicyclic) bond motifs is 3. The van der Waals surface area contributed by atoms with E-state index in [9.17, 15) is 0 Å². The molecule has 4 aromatic rings. The number of hydrogen-bond donors (Lipinski definition) is 0. The fourth-order valence-corrected chi connectivity index (χ4v) is 3.26. The maximum Gasteiger partial charge on any atom is 0.0495 e. The summed E-state index contributed by atoms with van der Waals surface area (Å²) in [5.74, 6) is 0. The minimum Gasteiger partial charge on any atom is -0.344 e. The molecule has 0 bridgehead atoms. The zero-order valence-electron chi connectivity index (χ0n) is 12.3. The zero-order chi connectivity index (χ0) is 14.4.